The zero-order valence-electron chi connectivity index (χ0n) is 11.3. The van der Waals surface area contributed by atoms with Crippen LogP contribution in [0.4, 0.5) is 5.69 Å². The number of fused-ring (bicyclic) bond motifs is 1. The van der Waals surface area contributed by atoms with E-state index in [1.165, 1.54) is 0 Å². The van der Waals surface area contributed by atoms with Crippen LogP contribution in [0.2, 0.25) is 0 Å². The zero-order chi connectivity index (χ0) is 14.1. The molecule has 1 aromatic carbocycles. The minimum absolute atomic E-state index is 0.0362. The third-order valence-electron chi connectivity index (χ3n) is 3.48. The maximum atomic E-state index is 12.0. The molecular formula is C16H16N2O2. The van der Waals surface area contributed by atoms with Crippen molar-refractivity contribution in [2.24, 2.45) is 5.92 Å². The molecule has 0 bridgehead atoms. The summed E-state index contributed by atoms with van der Waals surface area (Å²) in [6, 6.07) is 7.39. The van der Waals surface area contributed by atoms with Crippen LogP contribution in [-0.4, -0.2) is 16.0 Å². The standard InChI is InChI=1S/C16H16N2O2/c1-2-14(19)12-8-11-4-3-7-17-15(11)13(9-12)18-16(20)10-5-6-10/h2-4,7-10,19H,5-6H2,1H3,(H,18,20)/b14-2+. The van der Waals surface area contributed by atoms with Crippen molar-refractivity contribution in [2.45, 2.75) is 19.8 Å². The molecule has 0 aliphatic heterocycles. The monoisotopic (exact) mass is 268 g/mol. The van der Waals surface area contributed by atoms with Crippen molar-refractivity contribution in [3.05, 3.63) is 42.1 Å². The van der Waals surface area contributed by atoms with Crippen LogP contribution in [0.25, 0.3) is 16.7 Å². The van der Waals surface area contributed by atoms with Gasteiger partial charge in [-0.1, -0.05) is 6.07 Å². The van der Waals surface area contributed by atoms with Crippen molar-refractivity contribution in [1.82, 2.24) is 4.98 Å². The van der Waals surface area contributed by atoms with Gasteiger partial charge in [0.15, 0.2) is 0 Å². The van der Waals surface area contributed by atoms with Gasteiger partial charge in [-0.3, -0.25) is 9.78 Å². The molecule has 0 saturated heterocycles. The molecule has 2 N–H and O–H groups in total. The molecule has 1 saturated carbocycles. The van der Waals surface area contributed by atoms with Crippen LogP contribution in [0.3, 0.4) is 0 Å². The van der Waals surface area contributed by atoms with Crippen LogP contribution in [0, 0.1) is 5.92 Å². The number of pyridine rings is 1. The number of rotatable bonds is 3. The van der Waals surface area contributed by atoms with Crippen molar-refractivity contribution in [1.29, 1.82) is 0 Å². The number of allylic oxidation sites excluding steroid dienone is 1. The molecule has 1 aromatic heterocycles. The van der Waals surface area contributed by atoms with E-state index >= 15 is 0 Å². The van der Waals surface area contributed by atoms with Crippen molar-refractivity contribution in [2.75, 3.05) is 5.32 Å². The zero-order valence-corrected chi connectivity index (χ0v) is 11.3. The van der Waals surface area contributed by atoms with Gasteiger partial charge in [-0.15, -0.1) is 0 Å². The third-order valence-corrected chi connectivity index (χ3v) is 3.48. The lowest BCUT2D eigenvalue weighted by atomic mass is 10.1. The molecule has 0 atom stereocenters. The Morgan fingerprint density at radius 2 is 2.25 bits per heavy atom. The highest BCUT2D eigenvalue weighted by molar-refractivity contribution is 6.02. The third kappa shape index (κ3) is 2.37. The summed E-state index contributed by atoms with van der Waals surface area (Å²) in [4.78, 5) is 16.3. The summed E-state index contributed by atoms with van der Waals surface area (Å²) in [7, 11) is 0. The number of aliphatic hydroxyl groups is 1. The first kappa shape index (κ1) is 12.7. The molecule has 20 heavy (non-hydrogen) atoms. The van der Waals surface area contributed by atoms with Gasteiger partial charge >= 0.3 is 0 Å². The Balaban J connectivity index is 2.09. The normalized spacial score (nSPS) is 15.3. The molecule has 0 unspecified atom stereocenters. The molecule has 102 valence electrons. The summed E-state index contributed by atoms with van der Waals surface area (Å²) in [5.74, 6) is 0.361. The van der Waals surface area contributed by atoms with E-state index in [2.05, 4.69) is 10.3 Å². The van der Waals surface area contributed by atoms with Crippen LogP contribution in [0.15, 0.2) is 36.5 Å². The number of aliphatic hydroxyl groups excluding tert-OH is 1. The summed E-state index contributed by atoms with van der Waals surface area (Å²) in [6.07, 6.45) is 5.24. The first-order chi connectivity index (χ1) is 9.69. The minimum Gasteiger partial charge on any atom is -0.508 e. The van der Waals surface area contributed by atoms with Gasteiger partial charge in [0.05, 0.1) is 11.2 Å². The first-order valence-corrected chi connectivity index (χ1v) is 6.74. The van der Waals surface area contributed by atoms with Crippen molar-refractivity contribution in [3.63, 3.8) is 0 Å². The van der Waals surface area contributed by atoms with Gasteiger partial charge < -0.3 is 10.4 Å². The average Bonchev–Trinajstić information content (AvgIpc) is 3.31. The van der Waals surface area contributed by atoms with Crippen LogP contribution in [0.5, 0.6) is 0 Å². The van der Waals surface area contributed by atoms with E-state index in [-0.39, 0.29) is 17.6 Å². The van der Waals surface area contributed by atoms with Crippen LogP contribution >= 0.6 is 0 Å². The predicted octanol–water partition coefficient (Wildman–Crippen LogP) is 3.50. The smallest absolute Gasteiger partial charge is 0.227 e. The topological polar surface area (TPSA) is 62.2 Å². The van der Waals surface area contributed by atoms with E-state index in [0.29, 0.717) is 11.3 Å². The van der Waals surface area contributed by atoms with E-state index in [1.54, 1.807) is 25.3 Å². The maximum absolute atomic E-state index is 12.0. The van der Waals surface area contributed by atoms with Gasteiger partial charge in [-0.2, -0.15) is 0 Å². The van der Waals surface area contributed by atoms with Gasteiger partial charge in [0.25, 0.3) is 0 Å². The molecule has 0 spiro atoms. The number of carbonyl (C=O) groups excluding carboxylic acids is 1. The second kappa shape index (κ2) is 4.96. The number of benzene rings is 1. The summed E-state index contributed by atoms with van der Waals surface area (Å²) in [6.45, 7) is 1.77. The number of nitrogens with one attached hydrogen (secondary N) is 1. The Labute approximate surface area is 117 Å². The summed E-state index contributed by atoms with van der Waals surface area (Å²) in [5, 5.41) is 13.7. The van der Waals surface area contributed by atoms with Crippen LogP contribution < -0.4 is 5.32 Å². The van der Waals surface area contributed by atoms with E-state index < -0.39 is 0 Å². The largest absolute Gasteiger partial charge is 0.508 e. The molecule has 1 heterocycles. The van der Waals surface area contributed by atoms with Crippen LogP contribution in [-0.2, 0) is 4.79 Å². The van der Waals surface area contributed by atoms with Gasteiger partial charge in [-0.25, -0.2) is 0 Å². The fourth-order valence-electron chi connectivity index (χ4n) is 2.18. The Kier molecular flexibility index (Phi) is 3.14. The molecule has 1 aliphatic rings. The highest BCUT2D eigenvalue weighted by Gasteiger charge is 2.30. The number of amides is 1. The Bertz CT molecular complexity index is 703. The highest BCUT2D eigenvalue weighted by atomic mass is 16.3. The number of hydrogen-bond donors (Lipinski definition) is 2. The molecule has 1 aliphatic carbocycles. The highest BCUT2D eigenvalue weighted by Crippen LogP contribution is 2.32. The molecule has 4 heteroatoms. The van der Waals surface area contributed by atoms with Gasteiger partial charge in [-0.05, 0) is 44.0 Å². The number of hydrogen-bond acceptors (Lipinski definition) is 3. The predicted molar refractivity (Wildman–Crippen MR) is 79.4 cm³/mol. The minimum atomic E-state index is 0.0362. The van der Waals surface area contributed by atoms with Gasteiger partial charge in [0.2, 0.25) is 5.91 Å². The van der Waals surface area contributed by atoms with Crippen molar-refractivity contribution in [3.8, 4) is 0 Å². The summed E-state index contributed by atoms with van der Waals surface area (Å²) in [5.41, 5.74) is 2.08. The lowest BCUT2D eigenvalue weighted by molar-refractivity contribution is -0.117. The van der Waals surface area contributed by atoms with Gasteiger partial charge in [0, 0.05) is 23.1 Å². The molecule has 1 fully saturated rings. The number of nitrogens with zero attached hydrogens (tertiary/aromatic N) is 1. The molecule has 1 amide bonds. The fourth-order valence-corrected chi connectivity index (χ4v) is 2.18. The second-order valence-corrected chi connectivity index (χ2v) is 5.04. The SMILES string of the molecule is C/C=C(/O)c1cc(NC(=O)C2CC2)c2ncccc2c1. The van der Waals surface area contributed by atoms with Crippen LogP contribution in [0.1, 0.15) is 25.3 Å². The van der Waals surface area contributed by atoms with E-state index in [4.69, 9.17) is 0 Å². The first-order valence-electron chi connectivity index (χ1n) is 6.74. The molecule has 0 radical (unpaired) electrons. The second-order valence-electron chi connectivity index (χ2n) is 5.04. The number of aromatic nitrogens is 1. The molecule has 4 nitrogen and oxygen atoms in total. The van der Waals surface area contributed by atoms with Crippen molar-refractivity contribution < 1.29 is 9.90 Å². The van der Waals surface area contributed by atoms with Crippen molar-refractivity contribution >= 4 is 28.3 Å². The molecular weight excluding hydrogens is 252 g/mol. The lowest BCUT2D eigenvalue weighted by Crippen LogP contribution is -2.14. The quantitative estimate of drug-likeness (QED) is 0.837. The fraction of sp³-hybridized carbons (Fsp3) is 0.250. The van der Waals surface area contributed by atoms with E-state index in [1.807, 2.05) is 18.2 Å². The lowest BCUT2D eigenvalue weighted by Gasteiger charge is -2.10. The number of carbonyl (C=O) groups is 1. The maximum Gasteiger partial charge on any atom is 0.227 e. The summed E-state index contributed by atoms with van der Waals surface area (Å²) >= 11 is 0. The van der Waals surface area contributed by atoms with E-state index in [0.717, 1.165) is 23.7 Å². The Hall–Kier alpha value is -2.36. The average molecular weight is 268 g/mol. The summed E-state index contributed by atoms with van der Waals surface area (Å²) < 4.78 is 0. The molecule has 3 rings (SSSR count). The molecule has 2 aromatic rings. The Morgan fingerprint density at radius 1 is 1.45 bits per heavy atom. The Morgan fingerprint density at radius 3 is 2.95 bits per heavy atom. The number of anilines is 1. The van der Waals surface area contributed by atoms with E-state index in [9.17, 15) is 9.90 Å². The van der Waals surface area contributed by atoms with Gasteiger partial charge in [0.1, 0.15) is 5.76 Å².